The number of ether oxygens (including phenoxy) is 1. The Morgan fingerprint density at radius 1 is 0.706 bits per heavy atom. The third kappa shape index (κ3) is 3.06. The van der Waals surface area contributed by atoms with E-state index in [1.165, 1.54) is 51.4 Å². The molecule has 0 N–H and O–H groups in total. The van der Waals surface area contributed by atoms with E-state index in [0.717, 1.165) is 18.8 Å². The summed E-state index contributed by atoms with van der Waals surface area (Å²) < 4.78 is 5.89. The second-order valence-electron chi connectivity index (χ2n) is 15.1. The summed E-state index contributed by atoms with van der Waals surface area (Å²) in [6, 6.07) is 0. The highest BCUT2D eigenvalue weighted by atomic mass is 16.5. The number of rotatable bonds is 2. The van der Waals surface area contributed by atoms with Gasteiger partial charge >= 0.3 is 5.97 Å². The van der Waals surface area contributed by atoms with Crippen molar-refractivity contribution in [3.8, 4) is 0 Å². The monoisotopic (exact) mass is 470 g/mol. The van der Waals surface area contributed by atoms with Gasteiger partial charge in [-0.2, -0.15) is 0 Å². The van der Waals surface area contributed by atoms with Gasteiger partial charge in [-0.05, 0) is 116 Å². The Morgan fingerprint density at radius 2 is 1.41 bits per heavy atom. The maximum atomic E-state index is 12.8. The molecule has 10 unspecified atom stereocenters. The van der Waals surface area contributed by atoms with E-state index >= 15 is 0 Å². The lowest BCUT2D eigenvalue weighted by atomic mass is 9.32. The minimum atomic E-state index is -0.128. The van der Waals surface area contributed by atoms with Crippen LogP contribution in [0.25, 0.3) is 0 Å². The number of carbonyl (C=O) groups is 2. The van der Waals surface area contributed by atoms with Gasteiger partial charge in [-0.25, -0.2) is 0 Å². The Hall–Kier alpha value is -0.860. The Kier molecular flexibility index (Phi) is 5.53. The molecule has 3 heteroatoms. The molecular formula is C31H50O3. The van der Waals surface area contributed by atoms with E-state index in [-0.39, 0.29) is 17.5 Å². The van der Waals surface area contributed by atoms with Crippen LogP contribution in [-0.4, -0.2) is 17.9 Å². The van der Waals surface area contributed by atoms with Crippen LogP contribution in [0.3, 0.4) is 0 Å². The van der Waals surface area contributed by atoms with Crippen LogP contribution in [0.4, 0.5) is 0 Å². The summed E-state index contributed by atoms with van der Waals surface area (Å²) in [5.41, 5.74) is 1.35. The second-order valence-corrected chi connectivity index (χ2v) is 15.1. The van der Waals surface area contributed by atoms with Gasteiger partial charge < -0.3 is 4.74 Å². The maximum absolute atomic E-state index is 12.8. The van der Waals surface area contributed by atoms with Gasteiger partial charge in [-0.3, -0.25) is 9.59 Å². The van der Waals surface area contributed by atoms with Gasteiger partial charge in [0.05, 0.1) is 0 Å². The van der Waals surface area contributed by atoms with E-state index in [2.05, 4.69) is 41.5 Å². The number of Topliss-reactive ketones (excluding diaryl/α,β-unsaturated/α-hetero) is 1. The molecule has 5 aliphatic carbocycles. The summed E-state index contributed by atoms with van der Waals surface area (Å²) in [5, 5.41) is 0. The van der Waals surface area contributed by atoms with Crippen LogP contribution in [-0.2, 0) is 14.3 Å². The second kappa shape index (κ2) is 7.58. The van der Waals surface area contributed by atoms with E-state index in [4.69, 9.17) is 4.74 Å². The van der Waals surface area contributed by atoms with Gasteiger partial charge in [0.2, 0.25) is 0 Å². The van der Waals surface area contributed by atoms with Gasteiger partial charge in [-0.15, -0.1) is 0 Å². The van der Waals surface area contributed by atoms with Gasteiger partial charge in [0.1, 0.15) is 11.9 Å². The molecule has 0 spiro atoms. The van der Waals surface area contributed by atoms with E-state index < -0.39 is 0 Å². The lowest BCUT2D eigenvalue weighted by Gasteiger charge is -2.72. The molecule has 0 saturated heterocycles. The topological polar surface area (TPSA) is 43.4 Å². The summed E-state index contributed by atoms with van der Waals surface area (Å²) in [6.07, 6.45) is 12.4. The first-order valence-electron chi connectivity index (χ1n) is 14.4. The molecule has 5 aliphatic rings. The molecule has 0 aromatic rings. The van der Waals surface area contributed by atoms with Gasteiger partial charge in [-0.1, -0.05) is 41.5 Å². The summed E-state index contributed by atoms with van der Waals surface area (Å²) in [5.74, 6) is 3.21. The average molecular weight is 471 g/mol. The molecular weight excluding hydrogens is 420 g/mol. The van der Waals surface area contributed by atoms with Crippen molar-refractivity contribution >= 4 is 11.8 Å². The lowest BCUT2D eigenvalue weighted by molar-refractivity contribution is -0.249. The van der Waals surface area contributed by atoms with Crippen LogP contribution < -0.4 is 0 Å². The molecule has 5 rings (SSSR count). The minimum absolute atomic E-state index is 0.0219. The molecule has 0 radical (unpaired) electrons. The summed E-state index contributed by atoms with van der Waals surface area (Å²) in [7, 11) is 0. The quantitative estimate of drug-likeness (QED) is 0.390. The first kappa shape index (κ1) is 24.8. The Morgan fingerprint density at radius 3 is 2.06 bits per heavy atom. The zero-order valence-corrected chi connectivity index (χ0v) is 23.3. The third-order valence-electron chi connectivity index (χ3n) is 13.6. The number of hydrogen-bond donors (Lipinski definition) is 0. The van der Waals surface area contributed by atoms with Crippen molar-refractivity contribution in [2.45, 2.75) is 126 Å². The van der Waals surface area contributed by atoms with Crippen molar-refractivity contribution in [2.75, 3.05) is 0 Å². The van der Waals surface area contributed by atoms with E-state index in [9.17, 15) is 9.59 Å². The average Bonchev–Trinajstić information content (AvgIpc) is 3.08. The molecule has 34 heavy (non-hydrogen) atoms. The highest BCUT2D eigenvalue weighted by Gasteiger charge is 2.70. The number of carbonyl (C=O) groups excluding carboxylic acids is 2. The minimum Gasteiger partial charge on any atom is -0.462 e. The number of ketones is 1. The van der Waals surface area contributed by atoms with Crippen molar-refractivity contribution in [2.24, 2.45) is 56.7 Å². The maximum Gasteiger partial charge on any atom is 0.302 e. The third-order valence-corrected chi connectivity index (χ3v) is 13.6. The molecule has 0 amide bonds. The smallest absolute Gasteiger partial charge is 0.302 e. The molecule has 0 bridgehead atoms. The van der Waals surface area contributed by atoms with Crippen molar-refractivity contribution in [1.82, 2.24) is 0 Å². The fourth-order valence-corrected chi connectivity index (χ4v) is 11.8. The zero-order chi connectivity index (χ0) is 24.9. The number of fused-ring (bicyclic) bond motifs is 7. The van der Waals surface area contributed by atoms with Crippen molar-refractivity contribution in [3.05, 3.63) is 0 Å². The van der Waals surface area contributed by atoms with Crippen molar-refractivity contribution < 1.29 is 14.3 Å². The predicted octanol–water partition coefficient (Wildman–Crippen LogP) is 7.61. The number of esters is 1. The molecule has 3 nitrogen and oxygen atoms in total. The molecule has 192 valence electrons. The van der Waals surface area contributed by atoms with E-state index in [0.29, 0.717) is 51.1 Å². The zero-order valence-electron chi connectivity index (χ0n) is 23.3. The van der Waals surface area contributed by atoms with Crippen molar-refractivity contribution in [3.63, 3.8) is 0 Å². The van der Waals surface area contributed by atoms with Crippen molar-refractivity contribution in [1.29, 1.82) is 0 Å². The molecule has 5 saturated carbocycles. The Bertz CT molecular complexity index is 876. The highest BCUT2D eigenvalue weighted by Crippen LogP contribution is 2.77. The van der Waals surface area contributed by atoms with Crippen LogP contribution in [0.15, 0.2) is 0 Å². The normalized spacial score (nSPS) is 53.6. The summed E-state index contributed by atoms with van der Waals surface area (Å²) in [6.45, 7) is 18.6. The van der Waals surface area contributed by atoms with Crippen LogP contribution in [0, 0.1) is 56.7 Å². The van der Waals surface area contributed by atoms with Crippen LogP contribution in [0.1, 0.15) is 120 Å². The molecule has 0 aromatic heterocycles. The van der Waals surface area contributed by atoms with Gasteiger partial charge in [0, 0.05) is 18.3 Å². The van der Waals surface area contributed by atoms with Crippen LogP contribution >= 0.6 is 0 Å². The first-order valence-corrected chi connectivity index (χ1v) is 14.4. The predicted molar refractivity (Wildman–Crippen MR) is 136 cm³/mol. The highest BCUT2D eigenvalue weighted by molar-refractivity contribution is 5.79. The molecule has 0 aliphatic heterocycles. The van der Waals surface area contributed by atoms with Gasteiger partial charge in [0.15, 0.2) is 0 Å². The molecule has 0 aromatic carbocycles. The summed E-state index contributed by atoms with van der Waals surface area (Å²) in [4.78, 5) is 24.6. The SMILES string of the molecule is CC(=O)OC1CCC2(C)C(CCC3(C)C2CCC2C4C(C(C)=O)CCC4(C)CCC23C)C1(C)C. The Balaban J connectivity index is 1.50. The molecule has 10 atom stereocenters. The van der Waals surface area contributed by atoms with E-state index in [1.807, 2.05) is 6.92 Å². The Labute approximate surface area is 208 Å². The molecule has 0 heterocycles. The largest absolute Gasteiger partial charge is 0.462 e. The first-order chi connectivity index (χ1) is 15.7. The van der Waals surface area contributed by atoms with Crippen LogP contribution in [0.5, 0.6) is 0 Å². The van der Waals surface area contributed by atoms with Crippen LogP contribution in [0.2, 0.25) is 0 Å². The fourth-order valence-electron chi connectivity index (χ4n) is 11.8. The standard InChI is InChI=1S/C31H50O3/c1-19(32)21-11-14-28(5)17-18-30(7)22(26(21)28)9-10-24-29(6)15-13-25(34-20(2)33)27(3,4)23(29)12-16-31(24,30)8/h21-26H,9-18H2,1-8H3. The lowest BCUT2D eigenvalue weighted by Crippen LogP contribution is -2.66. The van der Waals surface area contributed by atoms with E-state index in [1.54, 1.807) is 6.92 Å². The molecule has 5 fully saturated rings. The van der Waals surface area contributed by atoms with Gasteiger partial charge in [0.25, 0.3) is 0 Å². The number of hydrogen-bond acceptors (Lipinski definition) is 3. The summed E-state index contributed by atoms with van der Waals surface area (Å²) >= 11 is 0. The fraction of sp³-hybridized carbons (Fsp3) is 0.935.